The van der Waals surface area contributed by atoms with Crippen molar-refractivity contribution in [3.05, 3.63) is 29.1 Å². The largest absolute Gasteiger partial charge is 0.299 e. The van der Waals surface area contributed by atoms with E-state index in [0.29, 0.717) is 17.7 Å². The van der Waals surface area contributed by atoms with Gasteiger partial charge in [0.05, 0.1) is 4.90 Å². The van der Waals surface area contributed by atoms with Crippen LogP contribution in [0.1, 0.15) is 30.9 Å². The third kappa shape index (κ3) is 3.62. The molecule has 0 radical (unpaired) electrons. The summed E-state index contributed by atoms with van der Waals surface area (Å²) in [5.74, 6) is -0.406. The summed E-state index contributed by atoms with van der Waals surface area (Å²) in [6.45, 7) is 7.70. The molecule has 1 aliphatic rings. The van der Waals surface area contributed by atoms with E-state index in [1.165, 1.54) is 12.1 Å². The third-order valence-electron chi connectivity index (χ3n) is 4.11. The van der Waals surface area contributed by atoms with Gasteiger partial charge in [0.2, 0.25) is 10.0 Å². The van der Waals surface area contributed by atoms with Gasteiger partial charge in [-0.05, 0) is 63.0 Å². The van der Waals surface area contributed by atoms with Crippen molar-refractivity contribution in [1.82, 2.24) is 9.62 Å². The molecular weight excluding hydrogens is 291 g/mol. The van der Waals surface area contributed by atoms with Gasteiger partial charge in [0.25, 0.3) is 0 Å². The second-order valence-corrected chi connectivity index (χ2v) is 7.35. The average molecular weight is 314 g/mol. The maximum absolute atomic E-state index is 13.3. The van der Waals surface area contributed by atoms with Crippen molar-refractivity contribution in [2.24, 2.45) is 0 Å². The summed E-state index contributed by atoms with van der Waals surface area (Å²) in [5, 5.41) is 0. The summed E-state index contributed by atoms with van der Waals surface area (Å²) in [4.78, 5) is 2.48. The number of sulfonamides is 1. The van der Waals surface area contributed by atoms with Crippen molar-refractivity contribution in [1.29, 1.82) is 0 Å². The maximum atomic E-state index is 13.3. The molecule has 118 valence electrons. The predicted molar refractivity (Wildman–Crippen MR) is 81.3 cm³/mol. The number of nitrogens with zero attached hydrogens (tertiary/aromatic N) is 1. The van der Waals surface area contributed by atoms with Crippen LogP contribution in [0.25, 0.3) is 0 Å². The fourth-order valence-corrected chi connectivity index (χ4v) is 4.66. The van der Waals surface area contributed by atoms with Crippen LogP contribution in [0.3, 0.4) is 0 Å². The lowest BCUT2D eigenvalue weighted by Gasteiger charge is -2.23. The maximum Gasteiger partial charge on any atom is 0.241 e. The van der Waals surface area contributed by atoms with Crippen LogP contribution in [-0.4, -0.2) is 39.0 Å². The zero-order valence-electron chi connectivity index (χ0n) is 12.8. The highest BCUT2D eigenvalue weighted by Crippen LogP contribution is 2.22. The van der Waals surface area contributed by atoms with Crippen molar-refractivity contribution in [2.45, 2.75) is 44.6 Å². The van der Waals surface area contributed by atoms with E-state index >= 15 is 0 Å². The molecule has 6 heteroatoms. The Labute approximate surface area is 126 Å². The first-order valence-electron chi connectivity index (χ1n) is 7.35. The molecule has 0 aliphatic carbocycles. The molecule has 0 spiro atoms. The minimum Gasteiger partial charge on any atom is -0.299 e. The monoisotopic (exact) mass is 314 g/mol. The van der Waals surface area contributed by atoms with Crippen molar-refractivity contribution in [3.63, 3.8) is 0 Å². The molecule has 1 N–H and O–H groups in total. The van der Waals surface area contributed by atoms with Crippen LogP contribution in [0.4, 0.5) is 4.39 Å². The number of rotatable bonds is 5. The van der Waals surface area contributed by atoms with E-state index in [0.717, 1.165) is 25.9 Å². The zero-order valence-corrected chi connectivity index (χ0v) is 13.6. The molecule has 2 rings (SSSR count). The Hall–Kier alpha value is -0.980. The highest BCUT2D eigenvalue weighted by molar-refractivity contribution is 7.89. The highest BCUT2D eigenvalue weighted by Gasteiger charge is 2.26. The normalized spacial score (nSPS) is 20.1. The highest BCUT2D eigenvalue weighted by atomic mass is 32.2. The lowest BCUT2D eigenvalue weighted by Crippen LogP contribution is -2.40. The van der Waals surface area contributed by atoms with Gasteiger partial charge in [-0.1, -0.05) is 6.92 Å². The van der Waals surface area contributed by atoms with Crippen molar-refractivity contribution in [2.75, 3.05) is 19.6 Å². The molecule has 21 heavy (non-hydrogen) atoms. The smallest absolute Gasteiger partial charge is 0.241 e. The number of benzene rings is 1. The van der Waals surface area contributed by atoms with Crippen molar-refractivity contribution >= 4 is 10.0 Å². The van der Waals surface area contributed by atoms with E-state index in [4.69, 9.17) is 0 Å². The van der Waals surface area contributed by atoms with E-state index in [1.807, 2.05) is 0 Å². The van der Waals surface area contributed by atoms with Gasteiger partial charge in [0.1, 0.15) is 5.82 Å². The molecule has 0 bridgehead atoms. The standard InChI is InChI=1S/C15H23FN2O2S/c1-4-18-7-5-6-14(18)10-17-21(19,20)15-11(2)8-13(16)9-12(15)3/h8-9,14,17H,4-7,10H2,1-3H3. The fraction of sp³-hybridized carbons (Fsp3) is 0.600. The quantitative estimate of drug-likeness (QED) is 0.906. The predicted octanol–water partition coefficient (Wildman–Crippen LogP) is 2.21. The number of nitrogens with one attached hydrogen (secondary N) is 1. The van der Waals surface area contributed by atoms with Crippen molar-refractivity contribution < 1.29 is 12.8 Å². The first-order valence-corrected chi connectivity index (χ1v) is 8.84. The minimum atomic E-state index is -3.60. The van der Waals surface area contributed by atoms with E-state index < -0.39 is 15.8 Å². The Balaban J connectivity index is 2.16. The molecule has 0 amide bonds. The number of likely N-dealkylation sites (tertiary alicyclic amines) is 1. The number of halogens is 1. The van der Waals surface area contributed by atoms with Crippen LogP contribution < -0.4 is 4.72 Å². The van der Waals surface area contributed by atoms with Crippen LogP contribution >= 0.6 is 0 Å². The Morgan fingerprint density at radius 3 is 2.52 bits per heavy atom. The number of hydrogen-bond donors (Lipinski definition) is 1. The number of likely N-dealkylation sites (N-methyl/N-ethyl adjacent to an activating group) is 1. The average Bonchev–Trinajstić information content (AvgIpc) is 2.82. The molecule has 1 aromatic rings. The first-order chi connectivity index (χ1) is 9.85. The Bertz CT molecular complexity index is 593. The summed E-state index contributed by atoms with van der Waals surface area (Å²) >= 11 is 0. The molecular formula is C15H23FN2O2S. The molecule has 1 atom stereocenters. The summed E-state index contributed by atoms with van der Waals surface area (Å²) < 4.78 is 41.0. The number of aryl methyl sites for hydroxylation is 2. The van der Waals surface area contributed by atoms with Crippen LogP contribution in [0, 0.1) is 19.7 Å². The van der Waals surface area contributed by atoms with Crippen LogP contribution in [0.15, 0.2) is 17.0 Å². The number of hydrogen-bond acceptors (Lipinski definition) is 3. The fourth-order valence-electron chi connectivity index (χ4n) is 3.14. The summed E-state index contributed by atoms with van der Waals surface area (Å²) in [7, 11) is -3.60. The van der Waals surface area contributed by atoms with Gasteiger partial charge in [-0.25, -0.2) is 17.5 Å². The topological polar surface area (TPSA) is 49.4 Å². The second-order valence-electron chi connectivity index (χ2n) is 5.65. The molecule has 1 aliphatic heterocycles. The summed E-state index contributed by atoms with van der Waals surface area (Å²) in [5.41, 5.74) is 0.887. The molecule has 1 fully saturated rings. The zero-order chi connectivity index (χ0) is 15.6. The Morgan fingerprint density at radius 2 is 1.95 bits per heavy atom. The van der Waals surface area contributed by atoms with E-state index in [1.54, 1.807) is 13.8 Å². The lowest BCUT2D eigenvalue weighted by atomic mass is 10.1. The second kappa shape index (κ2) is 6.42. The van der Waals surface area contributed by atoms with Gasteiger partial charge in [-0.15, -0.1) is 0 Å². The SMILES string of the molecule is CCN1CCCC1CNS(=O)(=O)c1c(C)cc(F)cc1C. The Kier molecular flexibility index (Phi) is 5.01. The molecule has 0 saturated carbocycles. The molecule has 0 aromatic heterocycles. The van der Waals surface area contributed by atoms with Gasteiger partial charge in [-0.2, -0.15) is 0 Å². The van der Waals surface area contributed by atoms with Gasteiger partial charge in [-0.3, -0.25) is 4.90 Å². The van der Waals surface area contributed by atoms with Gasteiger partial charge < -0.3 is 0 Å². The lowest BCUT2D eigenvalue weighted by molar-refractivity contribution is 0.268. The van der Waals surface area contributed by atoms with Gasteiger partial charge in [0.15, 0.2) is 0 Å². The third-order valence-corrected chi connectivity index (χ3v) is 5.84. The minimum absolute atomic E-state index is 0.199. The van der Waals surface area contributed by atoms with Crippen LogP contribution in [-0.2, 0) is 10.0 Å². The molecule has 1 aromatic carbocycles. The summed E-state index contributed by atoms with van der Waals surface area (Å²) in [6, 6.07) is 2.77. The van der Waals surface area contributed by atoms with E-state index in [-0.39, 0.29) is 10.9 Å². The van der Waals surface area contributed by atoms with Crippen LogP contribution in [0.5, 0.6) is 0 Å². The first kappa shape index (κ1) is 16.4. The molecule has 1 saturated heterocycles. The van der Waals surface area contributed by atoms with Crippen molar-refractivity contribution in [3.8, 4) is 0 Å². The molecule has 4 nitrogen and oxygen atoms in total. The van der Waals surface area contributed by atoms with Gasteiger partial charge >= 0.3 is 0 Å². The van der Waals surface area contributed by atoms with E-state index in [2.05, 4.69) is 16.5 Å². The van der Waals surface area contributed by atoms with E-state index in [9.17, 15) is 12.8 Å². The Morgan fingerprint density at radius 1 is 1.33 bits per heavy atom. The van der Waals surface area contributed by atoms with Gasteiger partial charge in [0, 0.05) is 12.6 Å². The van der Waals surface area contributed by atoms with Crippen LogP contribution in [0.2, 0.25) is 0 Å². The molecule has 1 unspecified atom stereocenters. The summed E-state index contributed by atoms with van der Waals surface area (Å²) in [6.07, 6.45) is 2.12. The molecule has 1 heterocycles.